The number of ether oxygens (including phenoxy) is 1. The van der Waals surface area contributed by atoms with Crippen LogP contribution in [0.5, 0.6) is 5.75 Å². The smallest absolute Gasteiger partial charge is 0.335 e. The fourth-order valence-corrected chi connectivity index (χ4v) is 5.14. The third kappa shape index (κ3) is 7.28. The maximum Gasteiger partial charge on any atom is 0.335 e. The van der Waals surface area contributed by atoms with Crippen LogP contribution in [0, 0.1) is 0 Å². The summed E-state index contributed by atoms with van der Waals surface area (Å²) in [7, 11) is 0. The van der Waals surface area contributed by atoms with Crippen LogP contribution >= 0.6 is 12.4 Å². The van der Waals surface area contributed by atoms with Crippen molar-refractivity contribution >= 4 is 29.8 Å². The largest absolute Gasteiger partial charge is 0.494 e. The summed E-state index contributed by atoms with van der Waals surface area (Å²) < 4.78 is 5.95. The lowest BCUT2D eigenvalue weighted by atomic mass is 10.0. The molecule has 0 saturated carbocycles. The summed E-state index contributed by atoms with van der Waals surface area (Å²) in [5.41, 5.74) is 2.73. The Labute approximate surface area is 216 Å². The van der Waals surface area contributed by atoms with E-state index in [0.717, 1.165) is 57.2 Å². The lowest BCUT2D eigenvalue weighted by molar-refractivity contribution is 0.0697. The molecule has 7 heteroatoms. The van der Waals surface area contributed by atoms with Crippen molar-refractivity contribution in [1.82, 2.24) is 4.90 Å². The van der Waals surface area contributed by atoms with Crippen molar-refractivity contribution in [3.63, 3.8) is 0 Å². The van der Waals surface area contributed by atoms with Gasteiger partial charge < -0.3 is 19.6 Å². The van der Waals surface area contributed by atoms with Crippen molar-refractivity contribution in [3.8, 4) is 5.75 Å². The van der Waals surface area contributed by atoms with Gasteiger partial charge in [0.25, 0.3) is 0 Å². The van der Waals surface area contributed by atoms with Gasteiger partial charge in [-0.2, -0.15) is 0 Å². The molecule has 6 nitrogen and oxygen atoms in total. The number of rotatable bonds is 10. The molecular formula is C28H40ClN3O3. The molecule has 1 atom stereocenters. The fraction of sp³-hybridized carbons (Fsp3) is 0.536. The Balaban J connectivity index is 0.00000342. The quantitative estimate of drug-likeness (QED) is 0.409. The van der Waals surface area contributed by atoms with Crippen LogP contribution in [0.25, 0.3) is 0 Å². The third-order valence-corrected chi connectivity index (χ3v) is 7.12. The summed E-state index contributed by atoms with van der Waals surface area (Å²) in [6, 6.07) is 16.0. The van der Waals surface area contributed by atoms with Crippen LogP contribution < -0.4 is 14.5 Å². The predicted molar refractivity (Wildman–Crippen MR) is 145 cm³/mol. The molecule has 2 aliphatic rings. The van der Waals surface area contributed by atoms with Gasteiger partial charge in [0, 0.05) is 44.1 Å². The van der Waals surface area contributed by atoms with E-state index in [1.807, 2.05) is 12.1 Å². The number of carboxylic acid groups (broad SMARTS) is 1. The van der Waals surface area contributed by atoms with Gasteiger partial charge in [-0.05, 0) is 74.2 Å². The van der Waals surface area contributed by atoms with Gasteiger partial charge in [0.15, 0.2) is 0 Å². The highest BCUT2D eigenvalue weighted by Crippen LogP contribution is 2.30. The first kappa shape index (κ1) is 27.2. The first-order valence-corrected chi connectivity index (χ1v) is 13.0. The van der Waals surface area contributed by atoms with Crippen LogP contribution in [0.15, 0.2) is 48.5 Å². The Morgan fingerprint density at radius 2 is 1.57 bits per heavy atom. The number of hydrogen-bond acceptors (Lipinski definition) is 5. The van der Waals surface area contributed by atoms with Crippen molar-refractivity contribution in [2.75, 3.05) is 49.1 Å². The van der Waals surface area contributed by atoms with E-state index in [2.05, 4.69) is 45.9 Å². The third-order valence-electron chi connectivity index (χ3n) is 7.12. The topological polar surface area (TPSA) is 56.2 Å². The molecule has 2 aromatic carbocycles. The monoisotopic (exact) mass is 501 g/mol. The van der Waals surface area contributed by atoms with Gasteiger partial charge in [0.05, 0.1) is 18.3 Å². The molecule has 1 N–H and O–H groups in total. The standard InChI is InChI=1S/C28H39N3O3.ClH/c1-2-3-4-7-22-34-26-15-13-25(14-16-26)31-17-6-5-8-27(31)30-20-18-29(19-21-30)24-11-9-23(10-12-24)28(32)33;/h9-16,27H,2-8,17-22H2,1H3,(H,32,33);1H. The lowest BCUT2D eigenvalue weighted by Gasteiger charge is -2.47. The highest BCUT2D eigenvalue weighted by atomic mass is 35.5. The van der Waals surface area contributed by atoms with Crippen LogP contribution in [-0.2, 0) is 0 Å². The van der Waals surface area contributed by atoms with E-state index in [4.69, 9.17) is 9.84 Å². The number of unbranched alkanes of at least 4 members (excludes halogenated alkanes) is 3. The molecule has 0 radical (unpaired) electrons. The molecular weight excluding hydrogens is 462 g/mol. The number of benzene rings is 2. The molecule has 2 saturated heterocycles. The normalized spacial score (nSPS) is 18.7. The number of anilines is 2. The summed E-state index contributed by atoms with van der Waals surface area (Å²) in [4.78, 5) is 18.7. The van der Waals surface area contributed by atoms with Crippen molar-refractivity contribution in [1.29, 1.82) is 0 Å². The van der Waals surface area contributed by atoms with Crippen LogP contribution in [0.2, 0.25) is 0 Å². The maximum atomic E-state index is 11.1. The zero-order valence-electron chi connectivity index (χ0n) is 20.9. The Kier molecular flexibility index (Phi) is 10.5. The molecule has 0 aromatic heterocycles. The summed E-state index contributed by atoms with van der Waals surface area (Å²) in [5.74, 6) is 0.0941. The number of nitrogens with zero attached hydrogens (tertiary/aromatic N) is 3. The number of carbonyl (C=O) groups is 1. The first-order chi connectivity index (χ1) is 16.7. The highest BCUT2D eigenvalue weighted by Gasteiger charge is 2.30. The minimum Gasteiger partial charge on any atom is -0.494 e. The first-order valence-electron chi connectivity index (χ1n) is 13.0. The number of halogens is 1. The molecule has 0 spiro atoms. The van der Waals surface area contributed by atoms with Crippen molar-refractivity contribution in [3.05, 3.63) is 54.1 Å². The van der Waals surface area contributed by atoms with Gasteiger partial charge in [-0.25, -0.2) is 4.79 Å². The minimum atomic E-state index is -0.875. The zero-order chi connectivity index (χ0) is 23.8. The van der Waals surface area contributed by atoms with Gasteiger partial charge in [0.2, 0.25) is 0 Å². The molecule has 0 bridgehead atoms. The minimum absolute atomic E-state index is 0. The SMILES string of the molecule is CCCCCCOc1ccc(N2CCCCC2N2CCN(c3ccc(C(=O)O)cc3)CC2)cc1.Cl. The van der Waals surface area contributed by atoms with Crippen LogP contribution in [0.3, 0.4) is 0 Å². The lowest BCUT2D eigenvalue weighted by Crippen LogP contribution is -2.57. The van der Waals surface area contributed by atoms with Gasteiger partial charge in [-0.3, -0.25) is 4.90 Å². The molecule has 192 valence electrons. The van der Waals surface area contributed by atoms with Crippen LogP contribution in [0.4, 0.5) is 11.4 Å². The van der Waals surface area contributed by atoms with Gasteiger partial charge in [-0.15, -0.1) is 12.4 Å². The molecule has 1 unspecified atom stereocenters. The Hall–Kier alpha value is -2.44. The van der Waals surface area contributed by atoms with E-state index in [1.54, 1.807) is 12.1 Å². The molecule has 2 heterocycles. The predicted octanol–water partition coefficient (Wildman–Crippen LogP) is 5.90. The van der Waals surface area contributed by atoms with E-state index in [1.165, 1.54) is 44.2 Å². The summed E-state index contributed by atoms with van der Waals surface area (Å²) in [5, 5.41) is 9.13. The number of carboxylic acids is 1. The molecule has 0 aliphatic carbocycles. The molecule has 2 fully saturated rings. The summed E-state index contributed by atoms with van der Waals surface area (Å²) >= 11 is 0. The molecule has 35 heavy (non-hydrogen) atoms. The van der Waals surface area contributed by atoms with E-state index in [0.29, 0.717) is 11.7 Å². The van der Waals surface area contributed by atoms with Crippen LogP contribution in [-0.4, -0.2) is 61.5 Å². The zero-order valence-corrected chi connectivity index (χ0v) is 21.7. The fourth-order valence-electron chi connectivity index (χ4n) is 5.14. The Morgan fingerprint density at radius 1 is 0.886 bits per heavy atom. The second-order valence-electron chi connectivity index (χ2n) is 9.45. The van der Waals surface area contributed by atoms with E-state index >= 15 is 0 Å². The molecule has 2 aromatic rings. The molecule has 4 rings (SSSR count). The molecule has 2 aliphatic heterocycles. The number of hydrogen-bond donors (Lipinski definition) is 1. The highest BCUT2D eigenvalue weighted by molar-refractivity contribution is 5.88. The van der Waals surface area contributed by atoms with Crippen molar-refractivity contribution in [2.24, 2.45) is 0 Å². The Bertz CT molecular complexity index is 899. The van der Waals surface area contributed by atoms with Gasteiger partial charge in [-0.1, -0.05) is 26.2 Å². The second-order valence-corrected chi connectivity index (χ2v) is 9.45. The van der Waals surface area contributed by atoms with Crippen molar-refractivity contribution in [2.45, 2.75) is 58.0 Å². The number of aromatic carboxylic acids is 1. The van der Waals surface area contributed by atoms with Crippen molar-refractivity contribution < 1.29 is 14.6 Å². The Morgan fingerprint density at radius 3 is 2.23 bits per heavy atom. The van der Waals surface area contributed by atoms with E-state index < -0.39 is 5.97 Å². The van der Waals surface area contributed by atoms with Crippen LogP contribution in [0.1, 0.15) is 62.2 Å². The van der Waals surface area contributed by atoms with E-state index in [9.17, 15) is 4.79 Å². The summed E-state index contributed by atoms with van der Waals surface area (Å²) in [6.45, 7) is 8.08. The number of piperidine rings is 1. The average Bonchev–Trinajstić information content (AvgIpc) is 2.89. The van der Waals surface area contributed by atoms with Gasteiger partial charge >= 0.3 is 5.97 Å². The number of piperazine rings is 1. The summed E-state index contributed by atoms with van der Waals surface area (Å²) in [6.07, 6.45) is 9.04. The van der Waals surface area contributed by atoms with E-state index in [-0.39, 0.29) is 12.4 Å². The molecule has 0 amide bonds. The van der Waals surface area contributed by atoms with Gasteiger partial charge in [0.1, 0.15) is 5.75 Å². The second kappa shape index (κ2) is 13.6. The average molecular weight is 502 g/mol. The maximum absolute atomic E-state index is 11.1.